The SMILES string of the molecule is CCC(CC)CN(CC)C(=O)c1cc(NN)ccn1. The quantitative estimate of drug-likeness (QED) is 0.585. The zero-order valence-electron chi connectivity index (χ0n) is 12.0. The van der Waals surface area contributed by atoms with E-state index in [2.05, 4.69) is 24.3 Å². The van der Waals surface area contributed by atoms with Gasteiger partial charge in [-0.3, -0.25) is 15.6 Å². The molecule has 0 aliphatic heterocycles. The Kier molecular flexibility index (Phi) is 6.29. The average molecular weight is 264 g/mol. The molecule has 0 aliphatic rings. The third-order valence-corrected chi connectivity index (χ3v) is 3.45. The lowest BCUT2D eigenvalue weighted by Gasteiger charge is -2.25. The van der Waals surface area contributed by atoms with Gasteiger partial charge in [0, 0.05) is 19.3 Å². The molecule has 0 fully saturated rings. The fourth-order valence-electron chi connectivity index (χ4n) is 2.01. The van der Waals surface area contributed by atoms with E-state index in [9.17, 15) is 4.79 Å². The van der Waals surface area contributed by atoms with Gasteiger partial charge in [-0.05, 0) is 25.0 Å². The van der Waals surface area contributed by atoms with Crippen molar-refractivity contribution in [3.05, 3.63) is 24.0 Å². The first-order chi connectivity index (χ1) is 9.15. The number of anilines is 1. The largest absolute Gasteiger partial charge is 0.337 e. The van der Waals surface area contributed by atoms with Gasteiger partial charge < -0.3 is 10.3 Å². The van der Waals surface area contributed by atoms with E-state index in [0.29, 0.717) is 23.8 Å². The van der Waals surface area contributed by atoms with Crippen LogP contribution in [-0.4, -0.2) is 28.9 Å². The number of carbonyl (C=O) groups is 1. The van der Waals surface area contributed by atoms with E-state index >= 15 is 0 Å². The summed E-state index contributed by atoms with van der Waals surface area (Å²) >= 11 is 0. The molecule has 19 heavy (non-hydrogen) atoms. The van der Waals surface area contributed by atoms with E-state index in [1.165, 1.54) is 0 Å². The summed E-state index contributed by atoms with van der Waals surface area (Å²) in [6.45, 7) is 7.78. The van der Waals surface area contributed by atoms with Crippen LogP contribution in [0.25, 0.3) is 0 Å². The summed E-state index contributed by atoms with van der Waals surface area (Å²) in [5.74, 6) is 5.85. The van der Waals surface area contributed by atoms with Gasteiger partial charge in [-0.15, -0.1) is 0 Å². The topological polar surface area (TPSA) is 71.2 Å². The molecule has 0 aliphatic carbocycles. The highest BCUT2D eigenvalue weighted by Crippen LogP contribution is 2.13. The molecule has 0 saturated carbocycles. The van der Waals surface area contributed by atoms with Crippen molar-refractivity contribution >= 4 is 11.6 Å². The highest BCUT2D eigenvalue weighted by atomic mass is 16.2. The van der Waals surface area contributed by atoms with Crippen molar-refractivity contribution in [2.24, 2.45) is 11.8 Å². The summed E-state index contributed by atoms with van der Waals surface area (Å²) in [7, 11) is 0. The summed E-state index contributed by atoms with van der Waals surface area (Å²) in [6.07, 6.45) is 3.75. The van der Waals surface area contributed by atoms with Crippen molar-refractivity contribution in [1.82, 2.24) is 9.88 Å². The summed E-state index contributed by atoms with van der Waals surface area (Å²) in [5, 5.41) is 0. The fourth-order valence-corrected chi connectivity index (χ4v) is 2.01. The minimum Gasteiger partial charge on any atom is -0.337 e. The van der Waals surface area contributed by atoms with Gasteiger partial charge in [0.1, 0.15) is 5.69 Å². The van der Waals surface area contributed by atoms with Gasteiger partial charge >= 0.3 is 0 Å². The molecule has 1 rings (SSSR count). The van der Waals surface area contributed by atoms with Crippen LogP contribution >= 0.6 is 0 Å². The second-order valence-corrected chi connectivity index (χ2v) is 4.60. The minimum atomic E-state index is -0.0356. The van der Waals surface area contributed by atoms with Crippen molar-refractivity contribution in [2.75, 3.05) is 18.5 Å². The second kappa shape index (κ2) is 7.74. The van der Waals surface area contributed by atoms with E-state index < -0.39 is 0 Å². The lowest BCUT2D eigenvalue weighted by molar-refractivity contribution is 0.0729. The first-order valence-electron chi connectivity index (χ1n) is 6.88. The third kappa shape index (κ3) is 4.21. The highest BCUT2D eigenvalue weighted by Gasteiger charge is 2.18. The molecule has 0 spiro atoms. The number of nitrogen functional groups attached to an aromatic ring is 1. The van der Waals surface area contributed by atoms with Gasteiger partial charge in [-0.2, -0.15) is 0 Å². The van der Waals surface area contributed by atoms with Crippen molar-refractivity contribution in [3.63, 3.8) is 0 Å². The molecule has 0 atom stereocenters. The molecule has 5 heteroatoms. The van der Waals surface area contributed by atoms with Gasteiger partial charge in [0.25, 0.3) is 5.91 Å². The van der Waals surface area contributed by atoms with Crippen LogP contribution in [0.5, 0.6) is 0 Å². The lowest BCUT2D eigenvalue weighted by Crippen LogP contribution is -2.35. The second-order valence-electron chi connectivity index (χ2n) is 4.60. The van der Waals surface area contributed by atoms with E-state index in [4.69, 9.17) is 5.84 Å². The number of nitrogens with two attached hydrogens (primary N) is 1. The molecule has 3 N–H and O–H groups in total. The predicted molar refractivity (Wildman–Crippen MR) is 77.7 cm³/mol. The van der Waals surface area contributed by atoms with Crippen LogP contribution in [0.3, 0.4) is 0 Å². The number of aromatic nitrogens is 1. The average Bonchev–Trinajstić information content (AvgIpc) is 2.48. The molecule has 0 unspecified atom stereocenters. The smallest absolute Gasteiger partial charge is 0.272 e. The number of carbonyl (C=O) groups excluding carboxylic acids is 1. The fraction of sp³-hybridized carbons (Fsp3) is 0.571. The molecule has 1 aromatic rings. The Hall–Kier alpha value is -1.62. The van der Waals surface area contributed by atoms with E-state index in [0.717, 1.165) is 19.4 Å². The monoisotopic (exact) mass is 264 g/mol. The first-order valence-corrected chi connectivity index (χ1v) is 6.88. The highest BCUT2D eigenvalue weighted by molar-refractivity contribution is 5.93. The number of amides is 1. The Morgan fingerprint density at radius 1 is 1.42 bits per heavy atom. The maximum Gasteiger partial charge on any atom is 0.272 e. The Morgan fingerprint density at radius 2 is 2.11 bits per heavy atom. The van der Waals surface area contributed by atoms with Crippen molar-refractivity contribution in [3.8, 4) is 0 Å². The van der Waals surface area contributed by atoms with Gasteiger partial charge in [-0.1, -0.05) is 26.7 Å². The summed E-state index contributed by atoms with van der Waals surface area (Å²) in [4.78, 5) is 18.4. The molecule has 0 aromatic carbocycles. The molecule has 0 bridgehead atoms. The van der Waals surface area contributed by atoms with E-state index in [-0.39, 0.29) is 5.91 Å². The third-order valence-electron chi connectivity index (χ3n) is 3.45. The standard InChI is InChI=1S/C14H24N4O/c1-4-11(5-2)10-18(6-3)14(19)13-9-12(17-15)7-8-16-13/h7-9,11H,4-6,10,15H2,1-3H3,(H,16,17). The number of nitrogens with zero attached hydrogens (tertiary/aromatic N) is 2. The Morgan fingerprint density at radius 3 is 2.63 bits per heavy atom. The predicted octanol–water partition coefficient (Wildman–Crippen LogP) is 2.27. The van der Waals surface area contributed by atoms with Gasteiger partial charge in [-0.25, -0.2) is 0 Å². The van der Waals surface area contributed by atoms with Crippen molar-refractivity contribution < 1.29 is 4.79 Å². The van der Waals surface area contributed by atoms with Crippen LogP contribution in [0.4, 0.5) is 5.69 Å². The maximum atomic E-state index is 12.4. The van der Waals surface area contributed by atoms with Gasteiger partial charge in [0.2, 0.25) is 0 Å². The number of rotatable bonds is 7. The molecule has 1 amide bonds. The molecule has 0 saturated heterocycles. The number of hydrogen-bond acceptors (Lipinski definition) is 4. The van der Waals surface area contributed by atoms with Gasteiger partial charge in [0.05, 0.1) is 5.69 Å². The van der Waals surface area contributed by atoms with Crippen LogP contribution in [0.15, 0.2) is 18.3 Å². The molecule has 1 heterocycles. The zero-order chi connectivity index (χ0) is 14.3. The Balaban J connectivity index is 2.82. The van der Waals surface area contributed by atoms with Crippen molar-refractivity contribution in [2.45, 2.75) is 33.6 Å². The molecular formula is C14H24N4O. The summed E-state index contributed by atoms with van der Waals surface area (Å²) in [6, 6.07) is 3.41. The number of pyridine rings is 1. The van der Waals surface area contributed by atoms with Crippen LogP contribution in [0, 0.1) is 5.92 Å². The minimum absolute atomic E-state index is 0.0356. The number of hydrazine groups is 1. The van der Waals surface area contributed by atoms with Crippen LogP contribution in [0.1, 0.15) is 44.1 Å². The number of hydrogen-bond donors (Lipinski definition) is 2. The molecule has 106 valence electrons. The van der Waals surface area contributed by atoms with E-state index in [1.54, 1.807) is 18.3 Å². The first kappa shape index (κ1) is 15.4. The molecule has 0 radical (unpaired) electrons. The maximum absolute atomic E-state index is 12.4. The van der Waals surface area contributed by atoms with E-state index in [1.807, 2.05) is 11.8 Å². The zero-order valence-corrected chi connectivity index (χ0v) is 12.0. The lowest BCUT2D eigenvalue weighted by atomic mass is 10.0. The van der Waals surface area contributed by atoms with Crippen LogP contribution in [-0.2, 0) is 0 Å². The molecule has 5 nitrogen and oxygen atoms in total. The van der Waals surface area contributed by atoms with Gasteiger partial charge in [0.15, 0.2) is 0 Å². The van der Waals surface area contributed by atoms with Crippen molar-refractivity contribution in [1.29, 1.82) is 0 Å². The molecular weight excluding hydrogens is 240 g/mol. The number of nitrogens with one attached hydrogen (secondary N) is 1. The molecule has 1 aromatic heterocycles. The summed E-state index contributed by atoms with van der Waals surface area (Å²) in [5.41, 5.74) is 3.66. The Labute approximate surface area is 115 Å². The Bertz CT molecular complexity index is 404. The summed E-state index contributed by atoms with van der Waals surface area (Å²) < 4.78 is 0. The van der Waals surface area contributed by atoms with Crippen LogP contribution in [0.2, 0.25) is 0 Å². The van der Waals surface area contributed by atoms with Crippen LogP contribution < -0.4 is 11.3 Å². The normalized spacial score (nSPS) is 10.6.